The fraction of sp³-hybridized carbons (Fsp3) is 0.222. The molecule has 0 atom stereocenters. The fourth-order valence-electron chi connectivity index (χ4n) is 1.46. The minimum absolute atomic E-state index is 0. The first-order valence-corrected chi connectivity index (χ1v) is 9.20. The number of hydrogen-bond acceptors (Lipinski definition) is 6. The van der Waals surface area contributed by atoms with Crippen LogP contribution in [-0.2, 0) is 0 Å². The number of nitrogens with two attached hydrogens (primary N) is 2. The Kier molecular flexibility index (Phi) is 17.7. The molecule has 0 aliphatic carbocycles. The van der Waals surface area contributed by atoms with Gasteiger partial charge in [0.2, 0.25) is 0 Å². The van der Waals surface area contributed by atoms with Gasteiger partial charge in [-0.25, -0.2) is 4.39 Å². The molecule has 0 aliphatic rings. The minimum Gasteiger partial charge on any atom is -0.491 e. The van der Waals surface area contributed by atoms with Crippen molar-refractivity contribution in [1.29, 1.82) is 10.5 Å². The van der Waals surface area contributed by atoms with Crippen LogP contribution in [0.25, 0.3) is 0 Å². The number of halogens is 4. The molecule has 28 heavy (non-hydrogen) atoms. The van der Waals surface area contributed by atoms with Crippen LogP contribution in [0.15, 0.2) is 45.3 Å². The largest absolute Gasteiger partial charge is 0.491 e. The maximum absolute atomic E-state index is 12.6. The molecule has 0 fully saturated rings. The zero-order valence-electron chi connectivity index (χ0n) is 14.7. The predicted molar refractivity (Wildman–Crippen MR) is 116 cm³/mol. The second-order valence-electron chi connectivity index (χ2n) is 4.64. The van der Waals surface area contributed by atoms with Crippen LogP contribution < -0.4 is 16.2 Å². The van der Waals surface area contributed by atoms with Crippen molar-refractivity contribution in [3.05, 3.63) is 62.3 Å². The lowest BCUT2D eigenvalue weighted by Gasteiger charge is -2.06. The maximum atomic E-state index is 12.6. The first kappa shape index (κ1) is 28.5. The Morgan fingerprint density at radius 2 is 1.46 bits per heavy atom. The van der Waals surface area contributed by atoms with E-state index < -0.39 is 5.82 Å². The van der Waals surface area contributed by atoms with Crippen molar-refractivity contribution in [2.75, 3.05) is 26.3 Å². The number of rotatable bonds is 4. The zero-order chi connectivity index (χ0) is 20.7. The summed E-state index contributed by atoms with van der Waals surface area (Å²) in [5.41, 5.74) is 10.7. The number of aliphatic hydroxyl groups is 1. The van der Waals surface area contributed by atoms with Gasteiger partial charge in [-0.3, -0.25) is 0 Å². The number of benzene rings is 2. The Balaban J connectivity index is 0. The monoisotopic (exact) mass is 536 g/mol. The molecule has 0 spiro atoms. The summed E-state index contributed by atoms with van der Waals surface area (Å²) in [6.07, 6.45) is 0. The van der Waals surface area contributed by atoms with Gasteiger partial charge in [0.05, 0.1) is 17.7 Å². The van der Waals surface area contributed by atoms with E-state index in [1.807, 2.05) is 6.07 Å². The van der Waals surface area contributed by atoms with Gasteiger partial charge >= 0.3 is 0 Å². The molecule has 0 aromatic heterocycles. The predicted octanol–water partition coefficient (Wildman–Crippen LogP) is 3.48. The van der Waals surface area contributed by atoms with Crippen LogP contribution in [-0.4, -0.2) is 31.4 Å². The summed E-state index contributed by atoms with van der Waals surface area (Å²) >= 11 is 6.37. The Bertz CT molecular complexity index is 796. The van der Waals surface area contributed by atoms with Gasteiger partial charge in [0.1, 0.15) is 30.3 Å². The average Bonchev–Trinajstić information content (AvgIpc) is 2.67. The van der Waals surface area contributed by atoms with Crippen molar-refractivity contribution < 1.29 is 14.2 Å². The van der Waals surface area contributed by atoms with E-state index >= 15 is 0 Å². The second-order valence-corrected chi connectivity index (χ2v) is 6.47. The van der Waals surface area contributed by atoms with E-state index in [2.05, 4.69) is 31.9 Å². The fourth-order valence-corrected chi connectivity index (χ4v) is 2.13. The summed E-state index contributed by atoms with van der Waals surface area (Å²) in [6, 6.07) is 13.4. The summed E-state index contributed by atoms with van der Waals surface area (Å²) in [6.45, 7) is 1.34. The highest BCUT2D eigenvalue weighted by atomic mass is 79.9. The van der Waals surface area contributed by atoms with Gasteiger partial charge in [-0.15, -0.1) is 12.4 Å². The normalized spacial score (nSPS) is 8.57. The van der Waals surface area contributed by atoms with Crippen molar-refractivity contribution >= 4 is 44.3 Å². The van der Waals surface area contributed by atoms with Crippen molar-refractivity contribution in [1.82, 2.24) is 0 Å². The zero-order valence-corrected chi connectivity index (χ0v) is 18.7. The first-order chi connectivity index (χ1) is 12.9. The molecule has 0 heterocycles. The Labute approximate surface area is 186 Å². The van der Waals surface area contributed by atoms with Crippen LogP contribution in [0.1, 0.15) is 11.1 Å². The third kappa shape index (κ3) is 11.9. The number of nitrogens with zero attached hydrogens (tertiary/aromatic N) is 2. The van der Waals surface area contributed by atoms with E-state index in [0.717, 1.165) is 4.47 Å². The van der Waals surface area contributed by atoms with Gasteiger partial charge in [-0.2, -0.15) is 10.5 Å². The maximum Gasteiger partial charge on any atom is 0.142 e. The molecular weight excluding hydrogens is 518 g/mol. The highest BCUT2D eigenvalue weighted by Crippen LogP contribution is 2.22. The van der Waals surface area contributed by atoms with Crippen molar-refractivity contribution in [3.8, 4) is 17.9 Å². The number of aliphatic hydroxyl groups excluding tert-OH is 1. The molecule has 0 bridgehead atoms. The Morgan fingerprint density at radius 3 is 1.89 bits per heavy atom. The van der Waals surface area contributed by atoms with E-state index in [1.54, 1.807) is 30.3 Å². The Morgan fingerprint density at radius 1 is 0.964 bits per heavy atom. The van der Waals surface area contributed by atoms with E-state index in [1.165, 1.54) is 12.1 Å². The number of nitriles is 2. The lowest BCUT2D eigenvalue weighted by atomic mass is 10.2. The molecule has 152 valence electrons. The van der Waals surface area contributed by atoms with Gasteiger partial charge < -0.3 is 21.3 Å². The van der Waals surface area contributed by atoms with Crippen molar-refractivity contribution in [2.24, 2.45) is 11.5 Å². The van der Waals surface area contributed by atoms with Crippen molar-refractivity contribution in [2.45, 2.75) is 0 Å². The molecule has 0 saturated carbocycles. The highest BCUT2D eigenvalue weighted by Gasteiger charge is 2.02. The topological polar surface area (TPSA) is 129 Å². The molecular formula is C18H20Br2ClFN4O2. The number of hydrogen-bond donors (Lipinski definition) is 3. The second kappa shape index (κ2) is 17.4. The van der Waals surface area contributed by atoms with Gasteiger partial charge in [0.25, 0.3) is 0 Å². The third-order valence-electron chi connectivity index (χ3n) is 2.62. The first-order valence-electron chi connectivity index (χ1n) is 7.62. The SMILES string of the molecule is Cl.N#Cc1ccc(Br)cc1F.N#Cc1ccc(Br)cc1OCCN.NCCO. The molecule has 10 heteroatoms. The molecule has 0 saturated heterocycles. The minimum atomic E-state index is -0.489. The standard InChI is InChI=1S/C9H9BrN2O.C7H3BrFN.C2H7NO.ClH/c10-8-2-1-7(6-12)9(5-8)13-4-3-11;8-6-2-1-5(4-10)7(9)3-6;3-1-2-4;/h1-2,5H,3-4,11H2;1-3H;4H,1-3H2;1H. The molecule has 2 aromatic carbocycles. The molecule has 0 radical (unpaired) electrons. The third-order valence-corrected chi connectivity index (χ3v) is 3.61. The van der Waals surface area contributed by atoms with Crippen LogP contribution in [0, 0.1) is 28.5 Å². The van der Waals surface area contributed by atoms with Gasteiger partial charge in [-0.1, -0.05) is 31.9 Å². The highest BCUT2D eigenvalue weighted by molar-refractivity contribution is 9.10. The molecule has 5 N–H and O–H groups in total. The molecule has 0 unspecified atom stereocenters. The van der Waals surface area contributed by atoms with Crippen LogP contribution in [0.5, 0.6) is 5.75 Å². The van der Waals surface area contributed by atoms with Gasteiger partial charge in [0.15, 0.2) is 0 Å². The van der Waals surface area contributed by atoms with E-state index in [-0.39, 0.29) is 24.6 Å². The smallest absolute Gasteiger partial charge is 0.142 e. The molecule has 0 amide bonds. The van der Waals surface area contributed by atoms with E-state index in [4.69, 9.17) is 31.8 Å². The van der Waals surface area contributed by atoms with E-state index in [0.29, 0.717) is 35.5 Å². The number of ether oxygens (including phenoxy) is 1. The summed E-state index contributed by atoms with van der Waals surface area (Å²) in [7, 11) is 0. The average molecular weight is 539 g/mol. The van der Waals surface area contributed by atoms with Crippen LogP contribution in [0.2, 0.25) is 0 Å². The lowest BCUT2D eigenvalue weighted by molar-refractivity contribution is 0.306. The van der Waals surface area contributed by atoms with Crippen LogP contribution in [0.3, 0.4) is 0 Å². The molecule has 0 aliphatic heterocycles. The summed E-state index contributed by atoms with van der Waals surface area (Å²) in [5, 5.41) is 24.8. The Hall–Kier alpha value is -1.72. The summed E-state index contributed by atoms with van der Waals surface area (Å²) < 4.78 is 19.4. The van der Waals surface area contributed by atoms with Crippen LogP contribution in [0.4, 0.5) is 4.39 Å². The molecule has 2 aromatic rings. The summed E-state index contributed by atoms with van der Waals surface area (Å²) in [5.74, 6) is 0.0826. The van der Waals surface area contributed by atoms with Crippen molar-refractivity contribution in [3.63, 3.8) is 0 Å². The van der Waals surface area contributed by atoms with Gasteiger partial charge in [0, 0.05) is 22.0 Å². The van der Waals surface area contributed by atoms with Crippen LogP contribution >= 0.6 is 44.3 Å². The quantitative estimate of drug-likeness (QED) is 0.547. The lowest BCUT2D eigenvalue weighted by Crippen LogP contribution is -2.11. The van der Waals surface area contributed by atoms with E-state index in [9.17, 15) is 4.39 Å². The van der Waals surface area contributed by atoms with Gasteiger partial charge in [-0.05, 0) is 36.4 Å². The molecule has 6 nitrogen and oxygen atoms in total. The summed E-state index contributed by atoms with van der Waals surface area (Å²) in [4.78, 5) is 0. The molecule has 2 rings (SSSR count).